The first kappa shape index (κ1) is 41.9. The largest absolute Gasteiger partial charge is 0.124 e. The van der Waals surface area contributed by atoms with Gasteiger partial charge in [0.25, 0.3) is 0 Å². The Morgan fingerprint density at radius 2 is 1.30 bits per heavy atom. The third-order valence-corrected chi connectivity index (χ3v) is 7.68. The van der Waals surface area contributed by atoms with Gasteiger partial charge in [-0.2, -0.15) is 0 Å². The van der Waals surface area contributed by atoms with E-state index < -0.39 is 0 Å². The zero-order chi connectivity index (χ0) is 35.1. The lowest BCUT2D eigenvalue weighted by molar-refractivity contribution is 0.911. The molecule has 0 heteroatoms. The molecule has 0 amide bonds. The molecule has 0 nitrogen and oxygen atoms in total. The van der Waals surface area contributed by atoms with E-state index in [4.69, 9.17) is 0 Å². The highest BCUT2D eigenvalue weighted by Crippen LogP contribution is 2.25. The van der Waals surface area contributed by atoms with Crippen molar-refractivity contribution in [2.24, 2.45) is 0 Å². The molecule has 0 aromatic heterocycles. The van der Waals surface area contributed by atoms with Crippen molar-refractivity contribution in [2.45, 2.75) is 108 Å². The number of fused-ring (bicyclic) bond motifs is 1. The maximum atomic E-state index is 4.00. The van der Waals surface area contributed by atoms with Crippen LogP contribution in [0.25, 0.3) is 5.57 Å². The highest BCUT2D eigenvalue weighted by atomic mass is 14.2. The number of rotatable bonds is 8. The summed E-state index contributed by atoms with van der Waals surface area (Å²) in [4.78, 5) is 0. The SMILES string of the molecule is C#C.C=C(C)Cc1ccc2c(c1)CCC2.C=C/C(C)=C(C)/C=C(\C=C(C)C)c1ccccc1C.CC.CCc1cccc(CC)c1. The number of benzene rings is 3. The van der Waals surface area contributed by atoms with Gasteiger partial charge < -0.3 is 0 Å². The number of hydrogen-bond donors (Lipinski definition) is 0. The summed E-state index contributed by atoms with van der Waals surface area (Å²) in [6, 6.07) is 24.2. The molecule has 0 aliphatic heterocycles. The minimum atomic E-state index is 1.03. The normalized spacial score (nSPS) is 11.6. The summed E-state index contributed by atoms with van der Waals surface area (Å²) in [6.45, 7) is 28.9. The topological polar surface area (TPSA) is 0 Å². The zero-order valence-corrected chi connectivity index (χ0v) is 30.9. The average Bonchev–Trinajstić information content (AvgIpc) is 3.54. The molecule has 0 fully saturated rings. The van der Waals surface area contributed by atoms with Crippen molar-refractivity contribution in [3.63, 3.8) is 0 Å². The van der Waals surface area contributed by atoms with Crippen LogP contribution in [-0.2, 0) is 32.1 Å². The molecule has 0 bridgehead atoms. The lowest BCUT2D eigenvalue weighted by Gasteiger charge is -2.09. The van der Waals surface area contributed by atoms with Crippen LogP contribution < -0.4 is 0 Å². The average molecular weight is 615 g/mol. The Hall–Kier alpha value is -4.08. The minimum Gasteiger partial charge on any atom is -0.124 e. The molecule has 1 aliphatic carbocycles. The molecule has 0 saturated carbocycles. The molecule has 246 valence electrons. The van der Waals surface area contributed by atoms with Gasteiger partial charge in [-0.3, -0.25) is 0 Å². The second kappa shape index (κ2) is 24.2. The standard InChI is InChI=1S/C19H24.C13H16.C10H14.C2H6.C2H2/c1-7-15(4)17(6)13-18(12-14(2)3)19-11-9-8-10-16(19)5;1-10(2)8-11-6-7-12-4-3-5-13(12)9-11;1-3-9-6-5-7-10(4-2)8-9;2*1-2/h7-13H,1H2,2-6H3;6-7,9H,1,3-5,8H2,2H3;5-8H,3-4H2,1-2H3;1-2H3;1-2H/b17-15+,18-13+;;;;. The van der Waals surface area contributed by atoms with Crippen molar-refractivity contribution in [1.82, 2.24) is 0 Å². The van der Waals surface area contributed by atoms with Gasteiger partial charge in [0.15, 0.2) is 0 Å². The predicted octanol–water partition coefficient (Wildman–Crippen LogP) is 13.2. The number of allylic oxidation sites excluding steroid dienone is 8. The third-order valence-electron chi connectivity index (χ3n) is 7.68. The summed E-state index contributed by atoms with van der Waals surface area (Å²) in [7, 11) is 0. The Balaban J connectivity index is 0.000000653. The van der Waals surface area contributed by atoms with Crippen LogP contribution in [-0.4, -0.2) is 0 Å². The molecule has 0 atom stereocenters. The molecule has 1 aliphatic rings. The van der Waals surface area contributed by atoms with E-state index in [0.29, 0.717) is 0 Å². The van der Waals surface area contributed by atoms with Gasteiger partial charge in [-0.25, -0.2) is 0 Å². The van der Waals surface area contributed by atoms with E-state index in [-0.39, 0.29) is 0 Å². The quantitative estimate of drug-likeness (QED) is 0.134. The van der Waals surface area contributed by atoms with Crippen LogP contribution in [0, 0.1) is 19.8 Å². The maximum Gasteiger partial charge on any atom is -0.00725 e. The van der Waals surface area contributed by atoms with Gasteiger partial charge >= 0.3 is 0 Å². The van der Waals surface area contributed by atoms with Gasteiger partial charge in [-0.05, 0) is 136 Å². The minimum absolute atomic E-state index is 1.03. The van der Waals surface area contributed by atoms with Crippen molar-refractivity contribution < 1.29 is 0 Å². The van der Waals surface area contributed by atoms with Crippen molar-refractivity contribution >= 4 is 5.57 Å². The Morgan fingerprint density at radius 3 is 1.83 bits per heavy atom. The molecule has 3 aromatic carbocycles. The molecule has 4 rings (SSSR count). The molecule has 46 heavy (non-hydrogen) atoms. The summed E-state index contributed by atoms with van der Waals surface area (Å²) in [5.74, 6) is 0. The Labute approximate surface area is 284 Å². The van der Waals surface area contributed by atoms with Crippen LogP contribution >= 0.6 is 0 Å². The van der Waals surface area contributed by atoms with Gasteiger partial charge in [0.05, 0.1) is 0 Å². The first-order valence-electron chi connectivity index (χ1n) is 17.0. The fourth-order valence-corrected chi connectivity index (χ4v) is 5.07. The van der Waals surface area contributed by atoms with Gasteiger partial charge in [0.1, 0.15) is 0 Å². The molecule has 3 aromatic rings. The van der Waals surface area contributed by atoms with Gasteiger partial charge in [0, 0.05) is 0 Å². The van der Waals surface area contributed by atoms with Crippen molar-refractivity contribution in [2.75, 3.05) is 0 Å². The molecule has 0 radical (unpaired) electrons. The first-order chi connectivity index (χ1) is 22.1. The van der Waals surface area contributed by atoms with Crippen molar-refractivity contribution in [3.8, 4) is 12.8 Å². The molecule has 0 spiro atoms. The van der Waals surface area contributed by atoms with Crippen molar-refractivity contribution in [3.05, 3.63) is 159 Å². The van der Waals surface area contributed by atoms with Crippen LogP contribution in [0.3, 0.4) is 0 Å². The number of aryl methyl sites for hydroxylation is 5. The smallest absolute Gasteiger partial charge is 0.00725 e. The van der Waals surface area contributed by atoms with Gasteiger partial charge in [-0.1, -0.05) is 137 Å². The lowest BCUT2D eigenvalue weighted by atomic mass is 9.96. The molecule has 0 N–H and O–H groups in total. The predicted molar refractivity (Wildman–Crippen MR) is 211 cm³/mol. The summed E-state index contributed by atoms with van der Waals surface area (Å²) >= 11 is 0. The van der Waals surface area contributed by atoms with Crippen LogP contribution in [0.5, 0.6) is 0 Å². The monoisotopic (exact) mass is 614 g/mol. The lowest BCUT2D eigenvalue weighted by Crippen LogP contribution is -1.89. The van der Waals surface area contributed by atoms with E-state index in [1.54, 1.807) is 11.1 Å². The van der Waals surface area contributed by atoms with Gasteiger partial charge in [0.2, 0.25) is 0 Å². The van der Waals surface area contributed by atoms with E-state index in [2.05, 4.69) is 160 Å². The number of hydrogen-bond acceptors (Lipinski definition) is 0. The Kier molecular flexibility index (Phi) is 22.0. The molecular formula is C46H62. The van der Waals surface area contributed by atoms with E-state index >= 15 is 0 Å². The van der Waals surface area contributed by atoms with Crippen LogP contribution in [0.2, 0.25) is 0 Å². The Morgan fingerprint density at radius 1 is 0.717 bits per heavy atom. The second-order valence-electron chi connectivity index (χ2n) is 11.8. The van der Waals surface area contributed by atoms with E-state index in [1.807, 2.05) is 19.9 Å². The van der Waals surface area contributed by atoms with Gasteiger partial charge in [-0.15, -0.1) is 12.8 Å². The number of terminal acetylenes is 1. The molecule has 0 heterocycles. The summed E-state index contributed by atoms with van der Waals surface area (Å²) in [6.07, 6.45) is 21.6. The highest BCUT2D eigenvalue weighted by molar-refractivity contribution is 5.78. The summed E-state index contributed by atoms with van der Waals surface area (Å²) < 4.78 is 0. The maximum absolute atomic E-state index is 4.00. The first-order valence-corrected chi connectivity index (χ1v) is 17.0. The molecule has 0 saturated heterocycles. The third kappa shape index (κ3) is 15.8. The van der Waals surface area contributed by atoms with E-state index in [0.717, 1.165) is 19.3 Å². The fraction of sp³-hybridized carbons (Fsp3) is 0.348. The van der Waals surface area contributed by atoms with E-state index in [9.17, 15) is 0 Å². The van der Waals surface area contributed by atoms with E-state index in [1.165, 1.54) is 74.9 Å². The molecular weight excluding hydrogens is 553 g/mol. The van der Waals surface area contributed by atoms with Crippen LogP contribution in [0.15, 0.2) is 120 Å². The van der Waals surface area contributed by atoms with Crippen LogP contribution in [0.1, 0.15) is 108 Å². The van der Waals surface area contributed by atoms with Crippen LogP contribution in [0.4, 0.5) is 0 Å². The second-order valence-corrected chi connectivity index (χ2v) is 11.8. The Bertz CT molecular complexity index is 1440. The summed E-state index contributed by atoms with van der Waals surface area (Å²) in [5, 5.41) is 0. The zero-order valence-electron chi connectivity index (χ0n) is 30.9. The van der Waals surface area contributed by atoms with Crippen molar-refractivity contribution in [1.29, 1.82) is 0 Å². The highest BCUT2D eigenvalue weighted by Gasteiger charge is 2.10. The summed E-state index contributed by atoms with van der Waals surface area (Å²) in [5.41, 5.74) is 16.3. The fourth-order valence-electron chi connectivity index (χ4n) is 5.07. The molecule has 0 unspecified atom stereocenters.